The molecule has 23 heavy (non-hydrogen) atoms. The topological polar surface area (TPSA) is 64.3 Å². The third kappa shape index (κ3) is 4.43. The average Bonchev–Trinajstić information content (AvgIpc) is 2.55. The van der Waals surface area contributed by atoms with Crippen molar-refractivity contribution in [2.75, 3.05) is 13.7 Å². The smallest absolute Gasteiger partial charge is 0.256 e. The lowest BCUT2D eigenvalue weighted by atomic mass is 9.85. The standard InChI is InChI=1S/C17H25FN2O2.ClH/c1-17(22-2,14-5-3-4-6-15(14)18)16(21)20-13-9-7-12(11-19)8-10-13;/h3-6,12-13H,7-11,19H2,1-2H3,(H,20,21);1H. The highest BCUT2D eigenvalue weighted by Gasteiger charge is 2.38. The van der Waals surface area contributed by atoms with Crippen LogP contribution in [0.15, 0.2) is 24.3 Å². The number of carbonyl (C=O) groups excluding carboxylic acids is 1. The molecule has 2 rings (SSSR count). The summed E-state index contributed by atoms with van der Waals surface area (Å²) in [6.45, 7) is 2.30. The molecule has 1 fully saturated rings. The number of amides is 1. The van der Waals surface area contributed by atoms with E-state index in [4.69, 9.17) is 10.5 Å². The Kier molecular flexibility index (Phi) is 7.45. The maximum absolute atomic E-state index is 14.0. The summed E-state index contributed by atoms with van der Waals surface area (Å²) in [4.78, 5) is 12.6. The van der Waals surface area contributed by atoms with Crippen LogP contribution in [0.2, 0.25) is 0 Å². The Balaban J connectivity index is 0.00000264. The summed E-state index contributed by atoms with van der Waals surface area (Å²) in [5.74, 6) is -0.182. The van der Waals surface area contributed by atoms with E-state index in [1.165, 1.54) is 13.2 Å². The van der Waals surface area contributed by atoms with Crippen molar-refractivity contribution in [3.05, 3.63) is 35.6 Å². The van der Waals surface area contributed by atoms with E-state index in [1.54, 1.807) is 25.1 Å². The van der Waals surface area contributed by atoms with E-state index in [1.807, 2.05) is 0 Å². The van der Waals surface area contributed by atoms with Crippen molar-refractivity contribution < 1.29 is 13.9 Å². The first-order valence-electron chi connectivity index (χ1n) is 7.82. The number of methoxy groups -OCH3 is 1. The van der Waals surface area contributed by atoms with Crippen LogP contribution in [0.3, 0.4) is 0 Å². The van der Waals surface area contributed by atoms with Gasteiger partial charge >= 0.3 is 0 Å². The minimum atomic E-state index is -1.32. The van der Waals surface area contributed by atoms with Crippen molar-refractivity contribution in [1.29, 1.82) is 0 Å². The van der Waals surface area contributed by atoms with Gasteiger partial charge in [-0.15, -0.1) is 12.4 Å². The van der Waals surface area contributed by atoms with Gasteiger partial charge in [0.15, 0.2) is 5.60 Å². The predicted molar refractivity (Wildman–Crippen MR) is 91.0 cm³/mol. The van der Waals surface area contributed by atoms with Gasteiger partial charge in [-0.25, -0.2) is 4.39 Å². The van der Waals surface area contributed by atoms with Crippen LogP contribution in [0.25, 0.3) is 0 Å². The lowest BCUT2D eigenvalue weighted by Crippen LogP contribution is -2.49. The zero-order valence-corrected chi connectivity index (χ0v) is 14.5. The van der Waals surface area contributed by atoms with Crippen molar-refractivity contribution in [2.45, 2.75) is 44.2 Å². The summed E-state index contributed by atoms with van der Waals surface area (Å²) in [6, 6.07) is 6.34. The average molecular weight is 345 g/mol. The second-order valence-electron chi connectivity index (χ2n) is 6.14. The van der Waals surface area contributed by atoms with Crippen LogP contribution in [0.4, 0.5) is 4.39 Å². The van der Waals surface area contributed by atoms with Crippen LogP contribution >= 0.6 is 12.4 Å². The Morgan fingerprint density at radius 3 is 2.48 bits per heavy atom. The van der Waals surface area contributed by atoms with E-state index in [-0.39, 0.29) is 29.9 Å². The number of hydrogen-bond acceptors (Lipinski definition) is 3. The summed E-state index contributed by atoms with van der Waals surface area (Å²) >= 11 is 0. The molecular weight excluding hydrogens is 319 g/mol. The summed E-state index contributed by atoms with van der Waals surface area (Å²) in [6.07, 6.45) is 3.85. The summed E-state index contributed by atoms with van der Waals surface area (Å²) < 4.78 is 19.4. The Hall–Kier alpha value is -1.17. The predicted octanol–water partition coefficient (Wildman–Crippen LogP) is 2.74. The molecule has 130 valence electrons. The van der Waals surface area contributed by atoms with Gasteiger partial charge in [0.25, 0.3) is 5.91 Å². The number of benzene rings is 1. The fourth-order valence-electron chi connectivity index (χ4n) is 3.04. The summed E-state index contributed by atoms with van der Waals surface area (Å²) in [7, 11) is 1.43. The first kappa shape index (κ1) is 19.9. The number of halogens is 2. The molecule has 1 atom stereocenters. The first-order chi connectivity index (χ1) is 10.5. The number of ether oxygens (including phenoxy) is 1. The van der Waals surface area contributed by atoms with Crippen molar-refractivity contribution >= 4 is 18.3 Å². The molecule has 4 nitrogen and oxygen atoms in total. The Morgan fingerprint density at radius 2 is 1.96 bits per heavy atom. The lowest BCUT2D eigenvalue weighted by molar-refractivity contribution is -0.144. The minimum absolute atomic E-state index is 0. The van der Waals surface area contributed by atoms with E-state index in [9.17, 15) is 9.18 Å². The highest BCUT2D eigenvalue weighted by atomic mass is 35.5. The molecule has 0 radical (unpaired) electrons. The van der Waals surface area contributed by atoms with Crippen LogP contribution in [0.5, 0.6) is 0 Å². The van der Waals surface area contributed by atoms with Crippen molar-refractivity contribution in [1.82, 2.24) is 5.32 Å². The minimum Gasteiger partial charge on any atom is -0.364 e. The zero-order chi connectivity index (χ0) is 16.2. The molecule has 0 aromatic heterocycles. The molecule has 6 heteroatoms. The number of rotatable bonds is 5. The number of hydrogen-bond donors (Lipinski definition) is 2. The quantitative estimate of drug-likeness (QED) is 0.863. The SMILES string of the molecule is COC(C)(C(=O)NC1CCC(CN)CC1)c1ccccc1F.Cl. The van der Waals surface area contributed by atoms with Crippen LogP contribution in [0.1, 0.15) is 38.2 Å². The highest BCUT2D eigenvalue weighted by Crippen LogP contribution is 2.29. The van der Waals surface area contributed by atoms with Gasteiger partial charge in [0.1, 0.15) is 5.82 Å². The first-order valence-corrected chi connectivity index (χ1v) is 7.82. The Bertz CT molecular complexity index is 521. The van der Waals surface area contributed by atoms with Gasteiger partial charge < -0.3 is 15.8 Å². The molecule has 1 aliphatic rings. The molecule has 1 amide bonds. The van der Waals surface area contributed by atoms with Gasteiger partial charge in [0.2, 0.25) is 0 Å². The van der Waals surface area contributed by atoms with Crippen LogP contribution in [-0.2, 0) is 15.1 Å². The molecule has 1 aliphatic carbocycles. The van der Waals surface area contributed by atoms with Gasteiger partial charge in [0.05, 0.1) is 0 Å². The van der Waals surface area contributed by atoms with E-state index in [2.05, 4.69) is 5.32 Å². The Morgan fingerprint density at radius 1 is 1.35 bits per heavy atom. The third-order valence-electron chi connectivity index (χ3n) is 4.74. The fraction of sp³-hybridized carbons (Fsp3) is 0.588. The van der Waals surface area contributed by atoms with E-state index in [0.717, 1.165) is 25.7 Å². The van der Waals surface area contributed by atoms with Crippen molar-refractivity contribution in [3.8, 4) is 0 Å². The van der Waals surface area contributed by atoms with Gasteiger partial charge in [-0.2, -0.15) is 0 Å². The number of nitrogens with two attached hydrogens (primary N) is 1. The van der Waals surface area contributed by atoms with Gasteiger partial charge in [0, 0.05) is 18.7 Å². The number of carbonyl (C=O) groups is 1. The summed E-state index contributed by atoms with van der Waals surface area (Å²) in [5, 5.41) is 3.01. The van der Waals surface area contributed by atoms with Crippen molar-refractivity contribution in [3.63, 3.8) is 0 Å². The normalized spacial score (nSPS) is 23.5. The van der Waals surface area contributed by atoms with Gasteiger partial charge in [-0.1, -0.05) is 18.2 Å². The molecule has 1 unspecified atom stereocenters. The maximum Gasteiger partial charge on any atom is 0.256 e. The fourth-order valence-corrected chi connectivity index (χ4v) is 3.04. The second-order valence-corrected chi connectivity index (χ2v) is 6.14. The lowest BCUT2D eigenvalue weighted by Gasteiger charge is -2.33. The second kappa shape index (κ2) is 8.62. The summed E-state index contributed by atoms with van der Waals surface area (Å²) in [5.41, 5.74) is 4.62. The monoisotopic (exact) mass is 344 g/mol. The maximum atomic E-state index is 14.0. The van der Waals surface area contributed by atoms with Crippen LogP contribution < -0.4 is 11.1 Å². The highest BCUT2D eigenvalue weighted by molar-refractivity contribution is 5.86. The van der Waals surface area contributed by atoms with E-state index >= 15 is 0 Å². The van der Waals surface area contributed by atoms with Crippen molar-refractivity contribution in [2.24, 2.45) is 11.7 Å². The molecule has 3 N–H and O–H groups in total. The van der Waals surface area contributed by atoms with Gasteiger partial charge in [-0.3, -0.25) is 4.79 Å². The van der Waals surface area contributed by atoms with Gasteiger partial charge in [-0.05, 0) is 51.1 Å². The molecule has 1 aromatic rings. The largest absolute Gasteiger partial charge is 0.364 e. The third-order valence-corrected chi connectivity index (χ3v) is 4.74. The zero-order valence-electron chi connectivity index (χ0n) is 13.7. The molecule has 0 spiro atoms. The van der Waals surface area contributed by atoms with Crippen LogP contribution in [0, 0.1) is 11.7 Å². The molecule has 0 saturated heterocycles. The van der Waals surface area contributed by atoms with Crippen LogP contribution in [-0.4, -0.2) is 25.6 Å². The molecule has 0 heterocycles. The number of nitrogens with one attached hydrogen (secondary N) is 1. The molecule has 0 bridgehead atoms. The molecule has 1 aromatic carbocycles. The van der Waals surface area contributed by atoms with E-state index < -0.39 is 11.4 Å². The molecular formula is C17H26ClFN2O2. The molecule has 1 saturated carbocycles. The molecule has 0 aliphatic heterocycles. The van der Waals surface area contributed by atoms with E-state index in [0.29, 0.717) is 12.5 Å². The Labute approximate surface area is 143 Å².